The van der Waals surface area contributed by atoms with Crippen LogP contribution < -0.4 is 10.5 Å². The standard InChI is InChI=1S/C11H14F2N2O2/c1-15(6-5-14)10(16)8-3-2-4-9(7-8)17-11(12)13/h2-4,7,11H,5-6,14H2,1H3. The van der Waals surface area contributed by atoms with Gasteiger partial charge in [-0.1, -0.05) is 6.07 Å². The molecule has 0 heterocycles. The number of carbonyl (C=O) groups excluding carboxylic acids is 1. The van der Waals surface area contributed by atoms with Crippen LogP contribution >= 0.6 is 0 Å². The van der Waals surface area contributed by atoms with Gasteiger partial charge in [-0.05, 0) is 18.2 Å². The number of likely N-dealkylation sites (N-methyl/N-ethyl adjacent to an activating group) is 1. The zero-order valence-corrected chi connectivity index (χ0v) is 9.40. The molecule has 17 heavy (non-hydrogen) atoms. The topological polar surface area (TPSA) is 55.6 Å². The molecule has 0 fully saturated rings. The quantitative estimate of drug-likeness (QED) is 0.849. The van der Waals surface area contributed by atoms with Crippen LogP contribution in [0.5, 0.6) is 5.75 Å². The van der Waals surface area contributed by atoms with Crippen LogP contribution in [0.2, 0.25) is 0 Å². The second-order valence-electron chi connectivity index (χ2n) is 3.42. The molecule has 4 nitrogen and oxygen atoms in total. The van der Waals surface area contributed by atoms with Crippen LogP contribution in [-0.4, -0.2) is 37.6 Å². The molecule has 1 amide bonds. The third-order valence-electron chi connectivity index (χ3n) is 2.12. The minimum atomic E-state index is -2.90. The van der Waals surface area contributed by atoms with Gasteiger partial charge < -0.3 is 15.4 Å². The number of carbonyl (C=O) groups is 1. The van der Waals surface area contributed by atoms with Crippen LogP contribution in [0.25, 0.3) is 0 Å². The van der Waals surface area contributed by atoms with E-state index in [2.05, 4.69) is 4.74 Å². The molecule has 0 aromatic heterocycles. The monoisotopic (exact) mass is 244 g/mol. The number of hydrogen-bond acceptors (Lipinski definition) is 3. The van der Waals surface area contributed by atoms with Gasteiger partial charge >= 0.3 is 6.61 Å². The summed E-state index contributed by atoms with van der Waals surface area (Å²) in [6, 6.07) is 5.67. The number of alkyl halides is 2. The molecular formula is C11H14F2N2O2. The average molecular weight is 244 g/mol. The van der Waals surface area contributed by atoms with E-state index in [0.29, 0.717) is 18.7 Å². The second kappa shape index (κ2) is 6.15. The van der Waals surface area contributed by atoms with E-state index in [9.17, 15) is 13.6 Å². The number of rotatable bonds is 5. The molecule has 0 atom stereocenters. The van der Waals surface area contributed by atoms with Gasteiger partial charge in [-0.3, -0.25) is 4.79 Å². The van der Waals surface area contributed by atoms with Crippen molar-refractivity contribution in [1.82, 2.24) is 4.90 Å². The molecule has 0 aliphatic heterocycles. The number of amides is 1. The third-order valence-corrected chi connectivity index (χ3v) is 2.12. The molecular weight excluding hydrogens is 230 g/mol. The number of ether oxygens (including phenoxy) is 1. The van der Waals surface area contributed by atoms with Gasteiger partial charge in [0.15, 0.2) is 0 Å². The van der Waals surface area contributed by atoms with Crippen molar-refractivity contribution in [2.24, 2.45) is 5.73 Å². The van der Waals surface area contributed by atoms with E-state index >= 15 is 0 Å². The Bertz CT molecular complexity index is 385. The maximum absolute atomic E-state index is 12.0. The maximum atomic E-state index is 12.0. The summed E-state index contributed by atoms with van der Waals surface area (Å²) in [6.45, 7) is -2.16. The van der Waals surface area contributed by atoms with Crippen molar-refractivity contribution >= 4 is 5.91 Å². The Morgan fingerprint density at radius 1 is 1.53 bits per heavy atom. The number of hydrogen-bond donors (Lipinski definition) is 1. The Morgan fingerprint density at radius 3 is 2.82 bits per heavy atom. The molecule has 0 bridgehead atoms. The zero-order valence-electron chi connectivity index (χ0n) is 9.40. The van der Waals surface area contributed by atoms with Gasteiger partial charge in [0.25, 0.3) is 5.91 Å². The lowest BCUT2D eigenvalue weighted by Crippen LogP contribution is -2.31. The van der Waals surface area contributed by atoms with Gasteiger partial charge in [-0.15, -0.1) is 0 Å². The van der Waals surface area contributed by atoms with E-state index in [1.54, 1.807) is 7.05 Å². The van der Waals surface area contributed by atoms with E-state index in [-0.39, 0.29) is 11.7 Å². The highest BCUT2D eigenvalue weighted by molar-refractivity contribution is 5.94. The Labute approximate surface area is 98.0 Å². The predicted octanol–water partition coefficient (Wildman–Crippen LogP) is 1.32. The van der Waals surface area contributed by atoms with Crippen molar-refractivity contribution in [3.8, 4) is 5.75 Å². The number of nitrogens with zero attached hydrogens (tertiary/aromatic N) is 1. The van der Waals surface area contributed by atoms with Crippen LogP contribution in [0.4, 0.5) is 8.78 Å². The highest BCUT2D eigenvalue weighted by Crippen LogP contribution is 2.16. The molecule has 1 rings (SSSR count). The Morgan fingerprint density at radius 2 is 2.24 bits per heavy atom. The van der Waals surface area contributed by atoms with Gasteiger partial charge in [-0.25, -0.2) is 0 Å². The molecule has 94 valence electrons. The first-order valence-corrected chi connectivity index (χ1v) is 5.05. The third kappa shape index (κ3) is 3.99. The zero-order chi connectivity index (χ0) is 12.8. The van der Waals surface area contributed by atoms with E-state index < -0.39 is 6.61 Å². The first-order valence-electron chi connectivity index (χ1n) is 5.05. The van der Waals surface area contributed by atoms with Gasteiger partial charge in [0.2, 0.25) is 0 Å². The summed E-state index contributed by atoms with van der Waals surface area (Å²) in [5, 5.41) is 0. The van der Waals surface area contributed by atoms with Crippen molar-refractivity contribution in [1.29, 1.82) is 0 Å². The summed E-state index contributed by atoms with van der Waals surface area (Å²) in [4.78, 5) is 13.2. The highest BCUT2D eigenvalue weighted by Gasteiger charge is 2.12. The summed E-state index contributed by atoms with van der Waals surface area (Å²) in [5.41, 5.74) is 5.61. The Balaban J connectivity index is 2.80. The fraction of sp³-hybridized carbons (Fsp3) is 0.364. The largest absolute Gasteiger partial charge is 0.435 e. The summed E-state index contributed by atoms with van der Waals surface area (Å²) >= 11 is 0. The smallest absolute Gasteiger partial charge is 0.387 e. The van der Waals surface area contributed by atoms with Gasteiger partial charge in [0, 0.05) is 25.7 Å². The van der Waals surface area contributed by atoms with Crippen molar-refractivity contribution in [2.75, 3.05) is 20.1 Å². The lowest BCUT2D eigenvalue weighted by Gasteiger charge is -2.16. The van der Waals surface area contributed by atoms with Crippen molar-refractivity contribution in [3.63, 3.8) is 0 Å². The van der Waals surface area contributed by atoms with Gasteiger partial charge in [-0.2, -0.15) is 8.78 Å². The summed E-state index contributed by atoms with van der Waals surface area (Å²) in [7, 11) is 1.59. The van der Waals surface area contributed by atoms with Crippen LogP contribution in [0, 0.1) is 0 Å². The lowest BCUT2D eigenvalue weighted by molar-refractivity contribution is -0.0498. The molecule has 0 aliphatic carbocycles. The van der Waals surface area contributed by atoms with Crippen molar-refractivity contribution in [3.05, 3.63) is 29.8 Å². The summed E-state index contributed by atoms with van der Waals surface area (Å²) in [5.74, 6) is -0.317. The molecule has 0 spiro atoms. The Kier molecular flexibility index (Phi) is 4.84. The lowest BCUT2D eigenvalue weighted by atomic mass is 10.2. The number of halogens is 2. The second-order valence-corrected chi connectivity index (χ2v) is 3.42. The first kappa shape index (κ1) is 13.4. The highest BCUT2D eigenvalue weighted by atomic mass is 19.3. The van der Waals surface area contributed by atoms with Crippen molar-refractivity contribution in [2.45, 2.75) is 6.61 Å². The maximum Gasteiger partial charge on any atom is 0.387 e. The van der Waals surface area contributed by atoms with Crippen LogP contribution in [-0.2, 0) is 0 Å². The van der Waals surface area contributed by atoms with E-state index in [1.165, 1.54) is 29.2 Å². The number of benzene rings is 1. The van der Waals surface area contributed by atoms with Crippen LogP contribution in [0.3, 0.4) is 0 Å². The molecule has 0 saturated heterocycles. The SMILES string of the molecule is CN(CCN)C(=O)c1cccc(OC(F)F)c1. The summed E-state index contributed by atoms with van der Waals surface area (Å²) in [6.07, 6.45) is 0. The van der Waals surface area contributed by atoms with Gasteiger partial charge in [0.1, 0.15) is 5.75 Å². The van der Waals surface area contributed by atoms with Crippen LogP contribution in [0.1, 0.15) is 10.4 Å². The minimum absolute atomic E-state index is 0.0352. The van der Waals surface area contributed by atoms with E-state index in [0.717, 1.165) is 0 Å². The molecule has 1 aromatic carbocycles. The van der Waals surface area contributed by atoms with E-state index in [4.69, 9.17) is 5.73 Å². The first-order chi connectivity index (χ1) is 8.04. The summed E-state index contributed by atoms with van der Waals surface area (Å²) < 4.78 is 28.2. The number of nitrogens with two attached hydrogens (primary N) is 1. The van der Waals surface area contributed by atoms with Crippen LogP contribution in [0.15, 0.2) is 24.3 Å². The molecule has 1 aromatic rings. The molecule has 0 unspecified atom stereocenters. The fourth-order valence-corrected chi connectivity index (χ4v) is 1.32. The normalized spacial score (nSPS) is 10.4. The minimum Gasteiger partial charge on any atom is -0.435 e. The molecule has 6 heteroatoms. The van der Waals surface area contributed by atoms with Crippen molar-refractivity contribution < 1.29 is 18.3 Å². The average Bonchev–Trinajstić information content (AvgIpc) is 2.28. The molecule has 0 radical (unpaired) electrons. The fourth-order valence-electron chi connectivity index (χ4n) is 1.32. The molecule has 0 aliphatic rings. The Hall–Kier alpha value is -1.69. The van der Waals surface area contributed by atoms with E-state index in [1.807, 2.05) is 0 Å². The van der Waals surface area contributed by atoms with Gasteiger partial charge in [0.05, 0.1) is 0 Å². The molecule has 2 N–H and O–H groups in total. The predicted molar refractivity (Wildman–Crippen MR) is 59.1 cm³/mol. The molecule has 0 saturated carbocycles.